The highest BCUT2D eigenvalue weighted by Gasteiger charge is 2.26. The molecule has 0 heterocycles. The fraction of sp³-hybridized carbons (Fsp3) is 0.795. The number of esters is 1. The fourth-order valence-corrected chi connectivity index (χ4v) is 6.53. The van der Waals surface area contributed by atoms with E-state index in [1.54, 1.807) is 6.26 Å². The van der Waals surface area contributed by atoms with Gasteiger partial charge in [0.1, 0.15) is 12.7 Å². The number of phosphoric ester groups is 1. The number of unbranched alkanes of at least 4 members (excludes halogenated alkanes) is 21. The lowest BCUT2D eigenvalue weighted by Crippen LogP contribution is -2.28. The van der Waals surface area contributed by atoms with Crippen LogP contribution in [0.4, 0.5) is 0 Å². The Kier molecular flexibility index (Phi) is 39.6. The molecule has 0 aliphatic carbocycles. The van der Waals surface area contributed by atoms with Gasteiger partial charge in [-0.05, 0) is 63.9 Å². The van der Waals surface area contributed by atoms with E-state index >= 15 is 0 Å². The summed E-state index contributed by atoms with van der Waals surface area (Å²) in [6, 6.07) is 0. The molecule has 0 spiro atoms. The number of hydrogen-bond donors (Lipinski definition) is 3. The van der Waals surface area contributed by atoms with Crippen LogP contribution in [0.25, 0.3) is 0 Å². The van der Waals surface area contributed by atoms with Crippen LogP contribution in [0.1, 0.15) is 187 Å². The molecule has 0 aromatic heterocycles. The van der Waals surface area contributed by atoms with Crippen molar-refractivity contribution in [1.82, 2.24) is 0 Å². The van der Waals surface area contributed by atoms with Crippen molar-refractivity contribution < 1.29 is 43.0 Å². The molecule has 0 saturated carbocycles. The molecular formula is C44H81O9P. The first-order chi connectivity index (χ1) is 26.3. The van der Waals surface area contributed by atoms with Crippen molar-refractivity contribution in [3.05, 3.63) is 48.8 Å². The topological polar surface area (TPSA) is 132 Å². The Hall–Kier alpha value is -1.74. The van der Waals surface area contributed by atoms with Crippen molar-refractivity contribution in [2.75, 3.05) is 26.4 Å². The highest BCUT2D eigenvalue weighted by molar-refractivity contribution is 7.47. The van der Waals surface area contributed by atoms with Crippen LogP contribution >= 0.6 is 7.82 Å². The molecule has 0 aliphatic rings. The van der Waals surface area contributed by atoms with Crippen molar-refractivity contribution in [3.63, 3.8) is 0 Å². The van der Waals surface area contributed by atoms with Crippen molar-refractivity contribution in [3.8, 4) is 0 Å². The molecule has 54 heavy (non-hydrogen) atoms. The number of aliphatic hydroxyl groups excluding tert-OH is 2. The summed E-state index contributed by atoms with van der Waals surface area (Å²) < 4.78 is 33.1. The minimum Gasteiger partial charge on any atom is -0.498 e. The summed E-state index contributed by atoms with van der Waals surface area (Å²) in [7, 11) is -4.54. The summed E-state index contributed by atoms with van der Waals surface area (Å²) in [4.78, 5) is 22.5. The molecule has 3 atom stereocenters. The molecule has 0 aliphatic heterocycles. The van der Waals surface area contributed by atoms with Gasteiger partial charge in [-0.3, -0.25) is 13.8 Å². The second-order valence-corrected chi connectivity index (χ2v) is 15.9. The van der Waals surface area contributed by atoms with E-state index in [1.807, 2.05) is 6.08 Å². The Labute approximate surface area is 330 Å². The maximum absolute atomic E-state index is 12.6. The van der Waals surface area contributed by atoms with Crippen molar-refractivity contribution in [1.29, 1.82) is 0 Å². The van der Waals surface area contributed by atoms with Gasteiger partial charge in [0.15, 0.2) is 6.10 Å². The predicted octanol–water partition coefficient (Wildman–Crippen LogP) is 12.2. The van der Waals surface area contributed by atoms with Gasteiger partial charge in [0.2, 0.25) is 0 Å². The Bertz CT molecular complexity index is 981. The summed E-state index contributed by atoms with van der Waals surface area (Å²) in [6.07, 6.45) is 45.8. The van der Waals surface area contributed by atoms with E-state index in [0.29, 0.717) is 6.42 Å². The number of rotatable bonds is 41. The molecule has 0 saturated heterocycles. The third-order valence-corrected chi connectivity index (χ3v) is 10.0. The quantitative estimate of drug-likeness (QED) is 0.0182. The van der Waals surface area contributed by atoms with Gasteiger partial charge in [-0.2, -0.15) is 0 Å². The van der Waals surface area contributed by atoms with Crippen LogP contribution in [0, 0.1) is 0 Å². The summed E-state index contributed by atoms with van der Waals surface area (Å²) >= 11 is 0. The van der Waals surface area contributed by atoms with Crippen LogP contribution in [-0.2, 0) is 27.9 Å². The second-order valence-electron chi connectivity index (χ2n) is 14.4. The Morgan fingerprint density at radius 3 is 1.54 bits per heavy atom. The van der Waals surface area contributed by atoms with Gasteiger partial charge < -0.3 is 24.6 Å². The van der Waals surface area contributed by atoms with Gasteiger partial charge in [-0.25, -0.2) is 4.57 Å². The highest BCUT2D eigenvalue weighted by atomic mass is 31.2. The van der Waals surface area contributed by atoms with Crippen molar-refractivity contribution in [2.24, 2.45) is 0 Å². The number of aliphatic hydroxyl groups is 2. The fourth-order valence-electron chi connectivity index (χ4n) is 5.74. The minimum absolute atomic E-state index is 0.0441. The number of carbonyl (C=O) groups is 1. The van der Waals surface area contributed by atoms with Crippen LogP contribution in [0.15, 0.2) is 48.8 Å². The largest absolute Gasteiger partial charge is 0.498 e. The molecule has 0 fully saturated rings. The number of ether oxygens (including phenoxy) is 2. The normalized spacial score (nSPS) is 14.5. The van der Waals surface area contributed by atoms with E-state index in [1.165, 1.54) is 109 Å². The number of hydrogen-bond acceptors (Lipinski definition) is 8. The van der Waals surface area contributed by atoms with Gasteiger partial charge in [0.25, 0.3) is 0 Å². The van der Waals surface area contributed by atoms with E-state index < -0.39 is 45.8 Å². The smallest absolute Gasteiger partial charge is 0.472 e. The molecular weight excluding hydrogens is 703 g/mol. The Morgan fingerprint density at radius 2 is 1.00 bits per heavy atom. The zero-order valence-electron chi connectivity index (χ0n) is 34.4. The number of phosphoric acid groups is 1. The van der Waals surface area contributed by atoms with E-state index in [4.69, 9.17) is 23.6 Å². The second kappa shape index (κ2) is 40.9. The van der Waals surface area contributed by atoms with Crippen molar-refractivity contribution in [2.45, 2.75) is 199 Å². The molecule has 10 heteroatoms. The monoisotopic (exact) mass is 785 g/mol. The SMILES string of the molecule is CCCCC/C=C\C/C=C\C/C=C\CCCCCCC(=O)O[C@H](CO/C=C\CCCCCCCCCCCCCCCC)COP(=O)(O)OC[C@@H](O)CO. The maximum Gasteiger partial charge on any atom is 0.472 e. The van der Waals surface area contributed by atoms with E-state index in [-0.39, 0.29) is 13.0 Å². The Morgan fingerprint density at radius 1 is 0.574 bits per heavy atom. The lowest BCUT2D eigenvalue weighted by Gasteiger charge is -2.20. The molecule has 0 radical (unpaired) electrons. The van der Waals surface area contributed by atoms with Crippen LogP contribution in [0.5, 0.6) is 0 Å². The van der Waals surface area contributed by atoms with Gasteiger partial charge in [-0.15, -0.1) is 0 Å². The zero-order valence-corrected chi connectivity index (χ0v) is 35.3. The zero-order chi connectivity index (χ0) is 39.6. The molecule has 0 rings (SSSR count). The van der Waals surface area contributed by atoms with Crippen LogP contribution in [-0.4, -0.2) is 59.7 Å². The summed E-state index contributed by atoms with van der Waals surface area (Å²) in [5.74, 6) is -0.425. The average Bonchev–Trinajstić information content (AvgIpc) is 3.16. The minimum atomic E-state index is -4.54. The third-order valence-electron chi connectivity index (χ3n) is 9.08. The summed E-state index contributed by atoms with van der Waals surface area (Å²) in [6.45, 7) is 2.83. The predicted molar refractivity (Wildman–Crippen MR) is 223 cm³/mol. The first-order valence-corrected chi connectivity index (χ1v) is 23.2. The summed E-state index contributed by atoms with van der Waals surface area (Å²) in [5.41, 5.74) is 0. The third kappa shape index (κ3) is 39.9. The molecule has 3 N–H and O–H groups in total. The maximum atomic E-state index is 12.6. The van der Waals surface area contributed by atoms with Gasteiger partial charge in [0, 0.05) is 6.42 Å². The number of carbonyl (C=O) groups excluding carboxylic acids is 1. The molecule has 1 unspecified atom stereocenters. The number of allylic oxidation sites excluding steroid dienone is 7. The van der Waals surface area contributed by atoms with Crippen LogP contribution < -0.4 is 0 Å². The van der Waals surface area contributed by atoms with Crippen molar-refractivity contribution >= 4 is 13.8 Å². The van der Waals surface area contributed by atoms with E-state index in [9.17, 15) is 19.4 Å². The molecule has 0 aromatic rings. The lowest BCUT2D eigenvalue weighted by atomic mass is 10.0. The Balaban J connectivity index is 4.27. The molecule has 9 nitrogen and oxygen atoms in total. The molecule has 0 aromatic carbocycles. The average molecular weight is 785 g/mol. The van der Waals surface area contributed by atoms with Gasteiger partial charge in [-0.1, -0.05) is 159 Å². The van der Waals surface area contributed by atoms with Gasteiger partial charge in [0.05, 0.1) is 26.1 Å². The van der Waals surface area contributed by atoms with E-state index in [2.05, 4.69) is 50.3 Å². The van der Waals surface area contributed by atoms with Crippen LogP contribution in [0.3, 0.4) is 0 Å². The first-order valence-electron chi connectivity index (χ1n) is 21.7. The first kappa shape index (κ1) is 52.3. The van der Waals surface area contributed by atoms with Crippen LogP contribution in [0.2, 0.25) is 0 Å². The lowest BCUT2D eigenvalue weighted by molar-refractivity contribution is -0.153. The molecule has 316 valence electrons. The summed E-state index contributed by atoms with van der Waals surface area (Å²) in [5, 5.41) is 18.3. The highest BCUT2D eigenvalue weighted by Crippen LogP contribution is 2.43. The van der Waals surface area contributed by atoms with E-state index in [0.717, 1.165) is 51.4 Å². The standard InChI is InChI=1S/C44H81O9P/c1-3-5-7-9-11-13-15-17-19-21-22-24-26-28-30-32-34-36-44(47)53-43(41-52-54(48,49)51-39-42(46)38-45)40-50-37-35-33-31-29-27-25-23-20-18-16-14-12-10-8-6-4-2/h11,13,17,19,22,24,35,37,42-43,45-46H,3-10,12,14-16,18,20-21,23,25-34,36,38-41H2,1-2H3,(H,48,49)/b13-11-,19-17-,24-22-,37-35-/t42-,43+/m0/s1. The molecule has 0 bridgehead atoms. The van der Waals surface area contributed by atoms with Gasteiger partial charge >= 0.3 is 13.8 Å². The molecule has 0 amide bonds.